The Labute approximate surface area is 103 Å². The Morgan fingerprint density at radius 3 is 2.24 bits per heavy atom. The average molecular weight is 266 g/mol. The number of hydrogen-bond donors (Lipinski definition) is 3. The second-order valence-electron chi connectivity index (χ2n) is 5.06. The van der Waals surface area contributed by atoms with Gasteiger partial charge in [-0.05, 0) is 27.2 Å². The van der Waals surface area contributed by atoms with Crippen LogP contribution in [-0.2, 0) is 15.0 Å². The summed E-state index contributed by atoms with van der Waals surface area (Å²) in [6.07, 6.45) is 1.01. The van der Waals surface area contributed by atoms with Gasteiger partial charge in [0.2, 0.25) is 0 Å². The van der Waals surface area contributed by atoms with Crippen molar-refractivity contribution >= 4 is 16.2 Å². The SMILES string of the molecule is CCCC(CC(=O)O)NS(=O)(=O)NC(C)(C)C. The molecule has 0 aliphatic heterocycles. The molecule has 0 heterocycles. The quantitative estimate of drug-likeness (QED) is 0.636. The van der Waals surface area contributed by atoms with Gasteiger partial charge in [-0.25, -0.2) is 0 Å². The largest absolute Gasteiger partial charge is 0.481 e. The Hall–Kier alpha value is -0.660. The minimum absolute atomic E-state index is 0.209. The van der Waals surface area contributed by atoms with Crippen LogP contribution in [0.3, 0.4) is 0 Å². The fourth-order valence-electron chi connectivity index (χ4n) is 1.41. The van der Waals surface area contributed by atoms with Gasteiger partial charge in [0.15, 0.2) is 0 Å². The number of carboxylic acid groups (broad SMARTS) is 1. The highest BCUT2D eigenvalue weighted by molar-refractivity contribution is 7.87. The standard InChI is InChI=1S/C10H22N2O4S/c1-5-6-8(7-9(13)14)11-17(15,16)12-10(2,3)4/h8,11-12H,5-7H2,1-4H3,(H,13,14). The Morgan fingerprint density at radius 2 is 1.88 bits per heavy atom. The lowest BCUT2D eigenvalue weighted by Crippen LogP contribution is -2.50. The molecule has 0 spiro atoms. The first-order valence-corrected chi connectivity index (χ1v) is 7.07. The third-order valence-corrected chi connectivity index (χ3v) is 3.35. The Bertz CT molecular complexity index is 346. The van der Waals surface area contributed by atoms with Crippen molar-refractivity contribution in [2.24, 2.45) is 0 Å². The van der Waals surface area contributed by atoms with Gasteiger partial charge in [0.1, 0.15) is 0 Å². The zero-order chi connectivity index (χ0) is 13.7. The molecule has 0 amide bonds. The van der Waals surface area contributed by atoms with Crippen molar-refractivity contribution in [3.63, 3.8) is 0 Å². The van der Waals surface area contributed by atoms with Crippen LogP contribution in [0, 0.1) is 0 Å². The molecular formula is C10H22N2O4S. The van der Waals surface area contributed by atoms with Gasteiger partial charge in [0.05, 0.1) is 6.42 Å². The van der Waals surface area contributed by atoms with Crippen LogP contribution in [0.2, 0.25) is 0 Å². The van der Waals surface area contributed by atoms with Crippen LogP contribution in [0.15, 0.2) is 0 Å². The van der Waals surface area contributed by atoms with Gasteiger partial charge in [0.25, 0.3) is 10.2 Å². The van der Waals surface area contributed by atoms with Crippen molar-refractivity contribution < 1.29 is 18.3 Å². The maximum absolute atomic E-state index is 11.7. The molecule has 1 unspecified atom stereocenters. The van der Waals surface area contributed by atoms with E-state index in [9.17, 15) is 13.2 Å². The molecule has 102 valence electrons. The minimum Gasteiger partial charge on any atom is -0.481 e. The molecule has 0 rings (SSSR count). The minimum atomic E-state index is -3.67. The smallest absolute Gasteiger partial charge is 0.304 e. The van der Waals surface area contributed by atoms with Crippen LogP contribution >= 0.6 is 0 Å². The molecule has 0 aromatic heterocycles. The fourth-order valence-corrected chi connectivity index (χ4v) is 2.92. The average Bonchev–Trinajstić information content (AvgIpc) is 1.95. The first-order valence-electron chi connectivity index (χ1n) is 5.59. The van der Waals surface area contributed by atoms with Crippen LogP contribution in [0.5, 0.6) is 0 Å². The van der Waals surface area contributed by atoms with Gasteiger partial charge >= 0.3 is 5.97 Å². The molecule has 0 aliphatic rings. The van der Waals surface area contributed by atoms with Crippen molar-refractivity contribution in [1.29, 1.82) is 0 Å². The Kier molecular flexibility index (Phi) is 6.08. The van der Waals surface area contributed by atoms with Crippen molar-refractivity contribution in [1.82, 2.24) is 9.44 Å². The van der Waals surface area contributed by atoms with E-state index in [2.05, 4.69) is 9.44 Å². The maximum atomic E-state index is 11.7. The summed E-state index contributed by atoms with van der Waals surface area (Å²) in [4.78, 5) is 10.6. The highest BCUT2D eigenvalue weighted by atomic mass is 32.2. The van der Waals surface area contributed by atoms with Crippen LogP contribution in [0.4, 0.5) is 0 Å². The predicted molar refractivity (Wildman–Crippen MR) is 65.9 cm³/mol. The number of nitrogens with one attached hydrogen (secondary N) is 2. The third kappa shape index (κ3) is 9.08. The molecule has 17 heavy (non-hydrogen) atoms. The van der Waals surface area contributed by atoms with Gasteiger partial charge in [-0.15, -0.1) is 0 Å². The van der Waals surface area contributed by atoms with Crippen LogP contribution in [-0.4, -0.2) is 31.1 Å². The molecule has 6 nitrogen and oxygen atoms in total. The van der Waals surface area contributed by atoms with Gasteiger partial charge in [-0.3, -0.25) is 4.79 Å². The Morgan fingerprint density at radius 1 is 1.35 bits per heavy atom. The van der Waals surface area contributed by atoms with Gasteiger partial charge < -0.3 is 5.11 Å². The fraction of sp³-hybridized carbons (Fsp3) is 0.900. The van der Waals surface area contributed by atoms with Gasteiger partial charge in [0, 0.05) is 11.6 Å². The van der Waals surface area contributed by atoms with Crippen molar-refractivity contribution in [3.05, 3.63) is 0 Å². The third-order valence-electron chi connectivity index (χ3n) is 1.82. The van der Waals surface area contributed by atoms with Gasteiger partial charge in [-0.2, -0.15) is 17.9 Å². The number of carboxylic acids is 1. The van der Waals surface area contributed by atoms with E-state index in [4.69, 9.17) is 5.11 Å². The second kappa shape index (κ2) is 6.32. The predicted octanol–water partition coefficient (Wildman–Crippen LogP) is 0.852. The lowest BCUT2D eigenvalue weighted by Gasteiger charge is -2.23. The van der Waals surface area contributed by atoms with Gasteiger partial charge in [-0.1, -0.05) is 13.3 Å². The van der Waals surface area contributed by atoms with E-state index in [1.807, 2.05) is 6.92 Å². The summed E-state index contributed by atoms with van der Waals surface area (Å²) >= 11 is 0. The number of carbonyl (C=O) groups is 1. The Balaban J connectivity index is 4.58. The number of rotatable bonds is 7. The summed E-state index contributed by atoms with van der Waals surface area (Å²) in [6.45, 7) is 7.04. The van der Waals surface area contributed by atoms with E-state index in [0.717, 1.165) is 6.42 Å². The molecule has 0 fully saturated rings. The van der Waals surface area contributed by atoms with Crippen LogP contribution in [0.25, 0.3) is 0 Å². The molecule has 0 saturated heterocycles. The van der Waals surface area contributed by atoms with E-state index in [1.54, 1.807) is 20.8 Å². The summed E-state index contributed by atoms with van der Waals surface area (Å²) in [6, 6.07) is -0.572. The molecule has 0 aliphatic carbocycles. The highest BCUT2D eigenvalue weighted by Gasteiger charge is 2.23. The monoisotopic (exact) mass is 266 g/mol. The lowest BCUT2D eigenvalue weighted by atomic mass is 10.1. The van der Waals surface area contributed by atoms with E-state index in [1.165, 1.54) is 0 Å². The van der Waals surface area contributed by atoms with E-state index < -0.39 is 27.8 Å². The summed E-state index contributed by atoms with van der Waals surface area (Å²) < 4.78 is 28.2. The first-order chi connectivity index (χ1) is 7.56. The summed E-state index contributed by atoms with van der Waals surface area (Å²) in [5.41, 5.74) is -0.591. The zero-order valence-corrected chi connectivity index (χ0v) is 11.6. The number of hydrogen-bond acceptors (Lipinski definition) is 3. The number of aliphatic carboxylic acids is 1. The first kappa shape index (κ1) is 16.3. The molecule has 1 atom stereocenters. The van der Waals surface area contributed by atoms with Crippen molar-refractivity contribution in [2.75, 3.05) is 0 Å². The molecule has 0 saturated carbocycles. The molecule has 7 heteroatoms. The van der Waals surface area contributed by atoms with E-state index in [0.29, 0.717) is 6.42 Å². The summed E-state index contributed by atoms with van der Waals surface area (Å²) in [7, 11) is -3.67. The lowest BCUT2D eigenvalue weighted by molar-refractivity contribution is -0.137. The normalized spacial score (nSPS) is 14.6. The van der Waals surface area contributed by atoms with E-state index >= 15 is 0 Å². The zero-order valence-electron chi connectivity index (χ0n) is 10.8. The maximum Gasteiger partial charge on any atom is 0.304 e. The molecular weight excluding hydrogens is 244 g/mol. The molecule has 0 radical (unpaired) electrons. The van der Waals surface area contributed by atoms with Crippen LogP contribution in [0.1, 0.15) is 47.0 Å². The highest BCUT2D eigenvalue weighted by Crippen LogP contribution is 2.06. The summed E-state index contributed by atoms with van der Waals surface area (Å²) in [5.74, 6) is -1.01. The van der Waals surface area contributed by atoms with Crippen molar-refractivity contribution in [2.45, 2.75) is 58.5 Å². The van der Waals surface area contributed by atoms with Crippen LogP contribution < -0.4 is 9.44 Å². The summed E-state index contributed by atoms with van der Waals surface area (Å²) in [5, 5.41) is 8.68. The molecule has 0 aromatic carbocycles. The van der Waals surface area contributed by atoms with E-state index in [-0.39, 0.29) is 6.42 Å². The topological polar surface area (TPSA) is 95.5 Å². The molecule has 0 aromatic rings. The molecule has 3 N–H and O–H groups in total. The van der Waals surface area contributed by atoms with Crippen molar-refractivity contribution in [3.8, 4) is 0 Å². The second-order valence-corrected chi connectivity index (χ2v) is 6.50. The molecule has 0 bridgehead atoms.